The lowest BCUT2D eigenvalue weighted by Crippen LogP contribution is -2.27. The highest BCUT2D eigenvalue weighted by molar-refractivity contribution is 5.71. The van der Waals surface area contributed by atoms with Crippen molar-refractivity contribution < 1.29 is 19.1 Å². The van der Waals surface area contributed by atoms with E-state index in [0.29, 0.717) is 6.61 Å². The molecular weight excluding hydrogens is 378 g/mol. The van der Waals surface area contributed by atoms with Crippen LogP contribution in [-0.2, 0) is 14.3 Å². The van der Waals surface area contributed by atoms with Crippen molar-refractivity contribution in [3.8, 4) is 0 Å². The highest BCUT2D eigenvalue weighted by Crippen LogP contribution is 2.13. The van der Waals surface area contributed by atoms with Crippen LogP contribution in [0.5, 0.6) is 0 Å². The second-order valence-corrected chi connectivity index (χ2v) is 7.77. The molecular formula is C25H43NO4. The zero-order valence-corrected chi connectivity index (χ0v) is 19.9. The molecule has 1 amide bonds. The van der Waals surface area contributed by atoms with E-state index in [0.717, 1.165) is 25.7 Å². The van der Waals surface area contributed by atoms with Crippen molar-refractivity contribution in [2.24, 2.45) is 0 Å². The van der Waals surface area contributed by atoms with Crippen LogP contribution in [-0.4, -0.2) is 31.8 Å². The summed E-state index contributed by atoms with van der Waals surface area (Å²) in [7, 11) is 0. The summed E-state index contributed by atoms with van der Waals surface area (Å²) < 4.78 is 9.88. The lowest BCUT2D eigenvalue weighted by Gasteiger charge is -2.06. The van der Waals surface area contributed by atoms with Crippen LogP contribution in [0.15, 0.2) is 34.9 Å². The number of carbonyl (C=O) groups is 2. The maximum Gasteiger partial charge on any atom is 0.407 e. The van der Waals surface area contributed by atoms with Gasteiger partial charge in [-0.1, -0.05) is 48.6 Å². The molecule has 0 rings (SSSR count). The first kappa shape index (κ1) is 28.0. The van der Waals surface area contributed by atoms with Gasteiger partial charge in [-0.25, -0.2) is 4.79 Å². The summed E-state index contributed by atoms with van der Waals surface area (Å²) in [6, 6.07) is 0. The molecule has 0 atom stereocenters. The van der Waals surface area contributed by atoms with E-state index in [1.807, 2.05) is 13.0 Å². The number of unbranched alkanes of at least 4 members (excludes halogenated alkanes) is 2. The smallest absolute Gasteiger partial charge is 0.407 e. The first-order valence-electron chi connectivity index (χ1n) is 11.4. The summed E-state index contributed by atoms with van der Waals surface area (Å²) in [5.74, 6) is -0.324. The van der Waals surface area contributed by atoms with Gasteiger partial charge < -0.3 is 14.8 Å². The molecule has 0 aliphatic heterocycles. The number of ether oxygens (including phenoxy) is 2. The largest absolute Gasteiger partial charge is 0.466 e. The Hall–Kier alpha value is -2.04. The summed E-state index contributed by atoms with van der Waals surface area (Å²) >= 11 is 0. The van der Waals surface area contributed by atoms with Gasteiger partial charge in [-0.05, 0) is 72.3 Å². The Morgan fingerprint density at radius 3 is 1.97 bits per heavy atom. The summed E-state index contributed by atoms with van der Waals surface area (Å²) in [6.45, 7) is 11.3. The molecule has 0 bridgehead atoms. The molecule has 0 radical (unpaired) electrons. The molecule has 0 aromatic heterocycles. The van der Waals surface area contributed by atoms with Gasteiger partial charge in [0.25, 0.3) is 0 Å². The van der Waals surface area contributed by atoms with E-state index >= 15 is 0 Å². The van der Waals surface area contributed by atoms with Crippen molar-refractivity contribution in [1.82, 2.24) is 5.32 Å². The summed E-state index contributed by atoms with van der Waals surface area (Å²) in [4.78, 5) is 22.7. The van der Waals surface area contributed by atoms with Gasteiger partial charge in [-0.3, -0.25) is 4.79 Å². The molecule has 30 heavy (non-hydrogen) atoms. The van der Waals surface area contributed by atoms with Gasteiger partial charge in [0.2, 0.25) is 0 Å². The Kier molecular flexibility index (Phi) is 17.7. The lowest BCUT2D eigenvalue weighted by molar-refractivity contribution is -0.142. The molecule has 0 heterocycles. The molecule has 0 saturated heterocycles. The Morgan fingerprint density at radius 2 is 1.37 bits per heavy atom. The summed E-state index contributed by atoms with van der Waals surface area (Å²) in [5.41, 5.74) is 4.14. The maximum absolute atomic E-state index is 11.6. The average Bonchev–Trinajstić information content (AvgIpc) is 2.68. The van der Waals surface area contributed by atoms with Crippen molar-refractivity contribution >= 4 is 12.1 Å². The second kappa shape index (κ2) is 19.0. The topological polar surface area (TPSA) is 64.6 Å². The van der Waals surface area contributed by atoms with E-state index in [1.165, 1.54) is 42.4 Å². The number of allylic oxidation sites excluding steroid dienone is 5. The van der Waals surface area contributed by atoms with Gasteiger partial charge in [-0.15, -0.1) is 0 Å². The molecule has 0 unspecified atom stereocenters. The van der Waals surface area contributed by atoms with Crippen LogP contribution in [0.2, 0.25) is 0 Å². The number of hydrogen-bond acceptors (Lipinski definition) is 4. The Bertz CT molecular complexity index is 576. The van der Waals surface area contributed by atoms with E-state index in [2.05, 4.69) is 38.2 Å². The maximum atomic E-state index is 11.6. The number of esters is 1. The van der Waals surface area contributed by atoms with E-state index < -0.39 is 6.09 Å². The van der Waals surface area contributed by atoms with Crippen molar-refractivity contribution in [3.05, 3.63) is 34.9 Å². The van der Waals surface area contributed by atoms with Crippen molar-refractivity contribution in [3.63, 3.8) is 0 Å². The number of alkyl carbamates (subject to hydrolysis) is 1. The molecule has 0 aliphatic rings. The Labute approximate surface area is 184 Å². The molecule has 0 aromatic carbocycles. The molecule has 172 valence electrons. The zero-order chi connectivity index (χ0) is 22.6. The first-order chi connectivity index (χ1) is 14.4. The van der Waals surface area contributed by atoms with Crippen LogP contribution < -0.4 is 5.32 Å². The highest BCUT2D eigenvalue weighted by Gasteiger charge is 2.04. The van der Waals surface area contributed by atoms with Crippen LogP contribution in [0.25, 0.3) is 0 Å². The zero-order valence-electron chi connectivity index (χ0n) is 19.9. The predicted molar refractivity (Wildman–Crippen MR) is 124 cm³/mol. The SMILES string of the molecule is CCCCC/C(C)=C/CC/C(C)=C/CC/C(C)=C/COC(=O)NCCC(=O)OCC. The van der Waals surface area contributed by atoms with Gasteiger partial charge in [0.15, 0.2) is 0 Å². The van der Waals surface area contributed by atoms with Gasteiger partial charge in [-0.2, -0.15) is 0 Å². The number of hydrogen-bond donors (Lipinski definition) is 1. The minimum absolute atomic E-state index is 0.151. The average molecular weight is 422 g/mol. The van der Waals surface area contributed by atoms with Gasteiger partial charge in [0, 0.05) is 6.54 Å². The molecule has 0 aromatic rings. The van der Waals surface area contributed by atoms with Gasteiger partial charge >= 0.3 is 12.1 Å². The minimum Gasteiger partial charge on any atom is -0.466 e. The van der Waals surface area contributed by atoms with E-state index in [9.17, 15) is 9.59 Å². The summed E-state index contributed by atoms with van der Waals surface area (Å²) in [6.07, 6.45) is 15.6. The molecule has 0 aliphatic carbocycles. The summed E-state index contributed by atoms with van der Waals surface area (Å²) in [5, 5.41) is 2.54. The Morgan fingerprint density at radius 1 is 0.767 bits per heavy atom. The lowest BCUT2D eigenvalue weighted by atomic mass is 10.0. The third-order valence-electron chi connectivity index (χ3n) is 4.79. The molecule has 5 nitrogen and oxygen atoms in total. The van der Waals surface area contributed by atoms with Crippen LogP contribution in [0.4, 0.5) is 4.79 Å². The molecule has 0 saturated carbocycles. The van der Waals surface area contributed by atoms with Crippen LogP contribution in [0.3, 0.4) is 0 Å². The van der Waals surface area contributed by atoms with Crippen LogP contribution >= 0.6 is 0 Å². The third kappa shape index (κ3) is 18.0. The molecule has 1 N–H and O–H groups in total. The number of carbonyl (C=O) groups excluding carboxylic acids is 2. The molecule has 0 spiro atoms. The molecule has 5 heteroatoms. The number of rotatable bonds is 16. The predicted octanol–water partition coefficient (Wildman–Crippen LogP) is 6.65. The first-order valence-corrected chi connectivity index (χ1v) is 11.4. The quantitative estimate of drug-likeness (QED) is 0.172. The van der Waals surface area contributed by atoms with E-state index in [-0.39, 0.29) is 25.5 Å². The van der Waals surface area contributed by atoms with E-state index in [4.69, 9.17) is 9.47 Å². The fraction of sp³-hybridized carbons (Fsp3) is 0.680. The second-order valence-electron chi connectivity index (χ2n) is 7.77. The third-order valence-corrected chi connectivity index (χ3v) is 4.79. The van der Waals surface area contributed by atoms with Gasteiger partial charge in [0.05, 0.1) is 13.0 Å². The molecule has 0 fully saturated rings. The van der Waals surface area contributed by atoms with Crippen molar-refractivity contribution in [1.29, 1.82) is 0 Å². The standard InChI is InChI=1S/C25H43NO4/c1-6-8-9-12-21(3)13-10-14-22(4)15-11-16-23(5)18-20-30-25(28)26-19-17-24(27)29-7-2/h13,15,18H,6-12,14,16-17,19-20H2,1-5H3,(H,26,28)/b21-13+,22-15+,23-18+. The van der Waals surface area contributed by atoms with Crippen LogP contribution in [0.1, 0.15) is 92.4 Å². The monoisotopic (exact) mass is 421 g/mol. The number of amides is 1. The van der Waals surface area contributed by atoms with Crippen LogP contribution in [0, 0.1) is 0 Å². The van der Waals surface area contributed by atoms with E-state index in [1.54, 1.807) is 6.92 Å². The highest BCUT2D eigenvalue weighted by atomic mass is 16.5. The fourth-order valence-electron chi connectivity index (χ4n) is 2.86. The normalized spacial score (nSPS) is 12.6. The minimum atomic E-state index is -0.517. The number of nitrogens with one attached hydrogen (secondary N) is 1. The van der Waals surface area contributed by atoms with Gasteiger partial charge in [0.1, 0.15) is 6.61 Å². The van der Waals surface area contributed by atoms with Crippen molar-refractivity contribution in [2.75, 3.05) is 19.8 Å². The Balaban J connectivity index is 3.93. The fourth-order valence-corrected chi connectivity index (χ4v) is 2.86. The van der Waals surface area contributed by atoms with Crippen molar-refractivity contribution in [2.45, 2.75) is 92.4 Å².